The Morgan fingerprint density at radius 3 is 1.55 bits per heavy atom. The highest BCUT2D eigenvalue weighted by molar-refractivity contribution is 5.93. The number of hydrogen-bond donors (Lipinski definition) is 8. The lowest BCUT2D eigenvalue weighted by Gasteiger charge is -2.24. The standard InChI is InChI=1S/C42H32O9/c43-26-6-2-22(3-7-26)40-38(24-13-28(45)17-29(46)14-24)33(34-19-32(49)20-36(50)41(34)40)11-21-1-10-37-35(12-21)39(25-15-30(47)18-31(48)16-25)42(51-37)23-4-8-27(44)9-5-23/h1-20,38-40,42-50H/b33-11-/t38-,39-,40+,42+/m0/s1. The molecule has 1 heterocycles. The van der Waals surface area contributed by atoms with Gasteiger partial charge in [-0.3, -0.25) is 0 Å². The van der Waals surface area contributed by atoms with Gasteiger partial charge in [-0.05, 0) is 106 Å². The van der Waals surface area contributed by atoms with Crippen LogP contribution in [-0.4, -0.2) is 40.9 Å². The number of phenolic OH excluding ortho intramolecular Hbond substituents is 8. The van der Waals surface area contributed by atoms with Crippen molar-refractivity contribution in [2.75, 3.05) is 0 Å². The number of hydrogen-bond acceptors (Lipinski definition) is 9. The lowest BCUT2D eigenvalue weighted by atomic mass is 9.79. The first kappa shape index (κ1) is 31.5. The Bertz CT molecular complexity index is 2310. The van der Waals surface area contributed by atoms with Gasteiger partial charge in [0, 0.05) is 41.2 Å². The van der Waals surface area contributed by atoms with Crippen molar-refractivity contribution < 1.29 is 45.6 Å². The lowest BCUT2D eigenvalue weighted by molar-refractivity contribution is 0.222. The van der Waals surface area contributed by atoms with Crippen molar-refractivity contribution in [3.8, 4) is 51.7 Å². The molecule has 254 valence electrons. The number of benzene rings is 6. The molecular weight excluding hydrogens is 648 g/mol. The number of allylic oxidation sites excluding steroid dienone is 1. The van der Waals surface area contributed by atoms with Gasteiger partial charge < -0.3 is 45.6 Å². The van der Waals surface area contributed by atoms with Gasteiger partial charge in [-0.25, -0.2) is 0 Å². The maximum absolute atomic E-state index is 11.3. The Balaban J connectivity index is 1.33. The van der Waals surface area contributed by atoms with Crippen molar-refractivity contribution in [2.24, 2.45) is 0 Å². The van der Waals surface area contributed by atoms with Gasteiger partial charge in [0.05, 0.1) is 5.92 Å². The third kappa shape index (κ3) is 5.64. The fourth-order valence-electron chi connectivity index (χ4n) is 7.71. The maximum Gasteiger partial charge on any atom is 0.135 e. The molecule has 9 heteroatoms. The van der Waals surface area contributed by atoms with E-state index in [0.29, 0.717) is 33.6 Å². The van der Waals surface area contributed by atoms with Crippen molar-refractivity contribution in [3.63, 3.8) is 0 Å². The molecule has 9 nitrogen and oxygen atoms in total. The topological polar surface area (TPSA) is 171 Å². The van der Waals surface area contributed by atoms with Gasteiger partial charge in [-0.1, -0.05) is 36.4 Å². The molecule has 0 saturated heterocycles. The van der Waals surface area contributed by atoms with Crippen molar-refractivity contribution in [1.29, 1.82) is 0 Å². The Morgan fingerprint density at radius 2 is 0.961 bits per heavy atom. The van der Waals surface area contributed by atoms with Crippen LogP contribution in [0.15, 0.2) is 115 Å². The van der Waals surface area contributed by atoms with Crippen LogP contribution >= 0.6 is 0 Å². The van der Waals surface area contributed by atoms with Crippen LogP contribution in [0.5, 0.6) is 51.7 Å². The molecule has 0 radical (unpaired) electrons. The Hall–Kier alpha value is -6.74. The molecule has 0 aromatic heterocycles. The third-order valence-electron chi connectivity index (χ3n) is 9.72. The quantitative estimate of drug-likeness (QED) is 0.0897. The molecule has 6 aromatic rings. The van der Waals surface area contributed by atoms with Crippen molar-refractivity contribution >= 4 is 11.6 Å². The zero-order valence-electron chi connectivity index (χ0n) is 26.8. The predicted molar refractivity (Wildman–Crippen MR) is 190 cm³/mol. The highest BCUT2D eigenvalue weighted by Gasteiger charge is 2.42. The molecule has 0 spiro atoms. The number of ether oxygens (including phenoxy) is 1. The minimum absolute atomic E-state index is 0.0646. The average molecular weight is 681 g/mol. The first-order chi connectivity index (χ1) is 24.5. The van der Waals surface area contributed by atoms with E-state index < -0.39 is 23.9 Å². The molecule has 1 aliphatic heterocycles. The average Bonchev–Trinajstić information content (AvgIpc) is 3.60. The molecule has 8 rings (SSSR count). The zero-order valence-corrected chi connectivity index (χ0v) is 26.8. The molecule has 0 unspecified atom stereocenters. The van der Waals surface area contributed by atoms with Crippen LogP contribution in [0, 0.1) is 0 Å². The van der Waals surface area contributed by atoms with Crippen LogP contribution in [0.4, 0.5) is 0 Å². The summed E-state index contributed by atoms with van der Waals surface area (Å²) in [5.74, 6) is -1.66. The van der Waals surface area contributed by atoms with Gasteiger partial charge in [0.2, 0.25) is 0 Å². The van der Waals surface area contributed by atoms with Crippen LogP contribution in [0.1, 0.15) is 68.4 Å². The lowest BCUT2D eigenvalue weighted by Crippen LogP contribution is -2.11. The molecule has 0 saturated carbocycles. The van der Waals surface area contributed by atoms with Gasteiger partial charge in [0.15, 0.2) is 0 Å². The summed E-state index contributed by atoms with van der Waals surface area (Å²) in [5, 5.41) is 84.2. The number of phenols is 8. The first-order valence-corrected chi connectivity index (χ1v) is 16.2. The number of fused-ring (bicyclic) bond motifs is 2. The van der Waals surface area contributed by atoms with E-state index in [1.807, 2.05) is 24.3 Å². The third-order valence-corrected chi connectivity index (χ3v) is 9.72. The van der Waals surface area contributed by atoms with Crippen LogP contribution in [0.2, 0.25) is 0 Å². The fraction of sp³-hybridized carbons (Fsp3) is 0.0952. The SMILES string of the molecule is Oc1ccc([C@H]2c3c(O)cc(O)cc3/C(=C/c3ccc4c(c3)[C@H](c3cc(O)cc(O)c3)[C@@H](c3ccc(O)cc3)O4)[C@@H]2c2cc(O)cc(O)c2)cc1. The van der Waals surface area contributed by atoms with Gasteiger partial charge in [0.1, 0.15) is 57.8 Å². The normalized spacial score (nSPS) is 19.8. The van der Waals surface area contributed by atoms with Crippen molar-refractivity contribution in [3.05, 3.63) is 160 Å². The number of aromatic hydroxyl groups is 8. The van der Waals surface area contributed by atoms with E-state index in [4.69, 9.17) is 4.74 Å². The van der Waals surface area contributed by atoms with E-state index in [1.165, 1.54) is 18.2 Å². The summed E-state index contributed by atoms with van der Waals surface area (Å²) in [6, 6.07) is 30.5. The summed E-state index contributed by atoms with van der Waals surface area (Å²) in [4.78, 5) is 0. The zero-order chi connectivity index (χ0) is 35.6. The fourth-order valence-corrected chi connectivity index (χ4v) is 7.71. The van der Waals surface area contributed by atoms with Gasteiger partial charge in [-0.2, -0.15) is 0 Å². The second-order valence-corrected chi connectivity index (χ2v) is 13.0. The van der Waals surface area contributed by atoms with Gasteiger partial charge in [-0.15, -0.1) is 0 Å². The molecule has 8 N–H and O–H groups in total. The van der Waals surface area contributed by atoms with E-state index in [9.17, 15) is 40.9 Å². The Kier molecular flexibility index (Phi) is 7.41. The summed E-state index contributed by atoms with van der Waals surface area (Å²) in [5.41, 5.74) is 5.94. The van der Waals surface area contributed by atoms with E-state index in [2.05, 4.69) is 0 Å². The van der Waals surface area contributed by atoms with E-state index in [0.717, 1.165) is 22.3 Å². The summed E-state index contributed by atoms with van der Waals surface area (Å²) in [6.07, 6.45) is 1.36. The summed E-state index contributed by atoms with van der Waals surface area (Å²) >= 11 is 0. The minimum atomic E-state index is -0.580. The van der Waals surface area contributed by atoms with E-state index in [-0.39, 0.29) is 46.0 Å². The molecule has 0 fully saturated rings. The van der Waals surface area contributed by atoms with Gasteiger partial charge in [0.25, 0.3) is 0 Å². The molecule has 0 amide bonds. The first-order valence-electron chi connectivity index (χ1n) is 16.2. The van der Waals surface area contributed by atoms with Crippen LogP contribution in [0.25, 0.3) is 11.6 Å². The smallest absolute Gasteiger partial charge is 0.135 e. The largest absolute Gasteiger partial charge is 0.508 e. The van der Waals surface area contributed by atoms with E-state index >= 15 is 0 Å². The van der Waals surface area contributed by atoms with Crippen LogP contribution < -0.4 is 4.74 Å². The second-order valence-electron chi connectivity index (χ2n) is 13.0. The second kappa shape index (κ2) is 12.0. The van der Waals surface area contributed by atoms with Crippen LogP contribution in [-0.2, 0) is 0 Å². The number of rotatable bonds is 5. The molecule has 4 atom stereocenters. The summed E-state index contributed by atoms with van der Waals surface area (Å²) < 4.78 is 6.49. The van der Waals surface area contributed by atoms with Crippen LogP contribution in [0.3, 0.4) is 0 Å². The molecular formula is C42H32O9. The van der Waals surface area contributed by atoms with Gasteiger partial charge >= 0.3 is 0 Å². The highest BCUT2D eigenvalue weighted by atomic mass is 16.5. The Morgan fingerprint density at radius 1 is 0.431 bits per heavy atom. The minimum Gasteiger partial charge on any atom is -0.508 e. The van der Waals surface area contributed by atoms with Crippen molar-refractivity contribution in [2.45, 2.75) is 23.9 Å². The summed E-state index contributed by atoms with van der Waals surface area (Å²) in [6.45, 7) is 0. The predicted octanol–water partition coefficient (Wildman–Crippen LogP) is 8.07. The summed E-state index contributed by atoms with van der Waals surface area (Å²) in [7, 11) is 0. The highest BCUT2D eigenvalue weighted by Crippen LogP contribution is 2.59. The van der Waals surface area contributed by atoms with E-state index in [1.54, 1.807) is 78.9 Å². The monoisotopic (exact) mass is 680 g/mol. The Labute approximate surface area is 292 Å². The molecule has 1 aliphatic carbocycles. The molecule has 2 aliphatic rings. The molecule has 0 bridgehead atoms. The van der Waals surface area contributed by atoms with Crippen molar-refractivity contribution in [1.82, 2.24) is 0 Å². The molecule has 6 aromatic carbocycles. The molecule has 51 heavy (non-hydrogen) atoms. The maximum atomic E-state index is 11.3.